The van der Waals surface area contributed by atoms with Crippen LogP contribution < -0.4 is 0 Å². The highest BCUT2D eigenvalue weighted by atomic mass is 28.4. The lowest BCUT2D eigenvalue weighted by Crippen LogP contribution is -2.46. The van der Waals surface area contributed by atoms with E-state index in [1.165, 1.54) is 18.1 Å². The van der Waals surface area contributed by atoms with Crippen molar-refractivity contribution >= 4 is 16.4 Å². The van der Waals surface area contributed by atoms with Gasteiger partial charge in [-0.15, -0.1) is 0 Å². The van der Waals surface area contributed by atoms with E-state index in [0.717, 1.165) is 6.42 Å². The van der Waals surface area contributed by atoms with Crippen molar-refractivity contribution in [1.82, 2.24) is 0 Å². The molecule has 0 rings (SSSR count). The van der Waals surface area contributed by atoms with Crippen LogP contribution >= 0.6 is 0 Å². The van der Waals surface area contributed by atoms with Crippen molar-refractivity contribution in [2.24, 2.45) is 0 Å². The van der Waals surface area contributed by atoms with Gasteiger partial charge in [-0.2, -0.15) is 0 Å². The topological polar surface area (TPSA) is 9.23 Å². The molecule has 0 aromatic rings. The predicted molar refractivity (Wildman–Crippen MR) is 80.5 cm³/mol. The molecule has 0 N–H and O–H groups in total. The van der Waals surface area contributed by atoms with Crippen molar-refractivity contribution in [3.63, 3.8) is 0 Å². The van der Waals surface area contributed by atoms with Crippen LogP contribution in [0.1, 0.15) is 34.1 Å². The molecule has 0 spiro atoms. The highest BCUT2D eigenvalue weighted by molar-refractivity contribution is 6.77. The highest BCUT2D eigenvalue weighted by Crippen LogP contribution is 2.33. The lowest BCUT2D eigenvalue weighted by atomic mass is 10.1. The number of hydrogen-bond acceptors (Lipinski definition) is 1. The molecule has 3 heteroatoms. The van der Waals surface area contributed by atoms with Crippen LogP contribution in [0.5, 0.6) is 0 Å². The molecule has 0 fully saturated rings. The zero-order valence-corrected chi connectivity index (χ0v) is 14.7. The van der Waals surface area contributed by atoms with Crippen LogP contribution in [0.3, 0.4) is 0 Å². The van der Waals surface area contributed by atoms with Gasteiger partial charge in [-0.25, -0.2) is 0 Å². The van der Waals surface area contributed by atoms with Gasteiger partial charge >= 0.3 is 0 Å². The van der Waals surface area contributed by atoms with Gasteiger partial charge in [-0.05, 0) is 38.5 Å². The van der Waals surface area contributed by atoms with Crippen LogP contribution in [0.15, 0.2) is 0 Å². The van der Waals surface area contributed by atoms with E-state index in [0.29, 0.717) is 0 Å². The molecular weight excluding hydrogens is 228 g/mol. The van der Waals surface area contributed by atoms with Crippen molar-refractivity contribution < 1.29 is 4.43 Å². The largest absolute Gasteiger partial charge is 0.412 e. The van der Waals surface area contributed by atoms with Gasteiger partial charge in [-0.3, -0.25) is 0 Å². The quantitative estimate of drug-likeness (QED) is 0.577. The molecule has 0 saturated heterocycles. The molecule has 0 heterocycles. The van der Waals surface area contributed by atoms with Gasteiger partial charge < -0.3 is 4.43 Å². The third-order valence-corrected chi connectivity index (χ3v) is 10.3. The molecule has 0 radical (unpaired) electrons. The summed E-state index contributed by atoms with van der Waals surface area (Å²) in [5, 5.41) is 0. The average Bonchev–Trinajstić information content (AvgIpc) is 2.16. The summed E-state index contributed by atoms with van der Waals surface area (Å²) in [6, 6.07) is 3.89. The standard InChI is InChI=1S/C13H32OSi2/c1-9-13(4,12-15(5,6)10-2)14-16(7,8)11-3/h9-12H2,1-8H3. The maximum Gasteiger partial charge on any atom is 0.187 e. The van der Waals surface area contributed by atoms with Gasteiger partial charge in [0, 0.05) is 8.07 Å². The van der Waals surface area contributed by atoms with E-state index in [2.05, 4.69) is 53.9 Å². The lowest BCUT2D eigenvalue weighted by molar-refractivity contribution is 0.0933. The zero-order valence-electron chi connectivity index (χ0n) is 12.7. The fourth-order valence-electron chi connectivity index (χ4n) is 2.11. The Morgan fingerprint density at radius 3 is 1.75 bits per heavy atom. The summed E-state index contributed by atoms with van der Waals surface area (Å²) in [7, 11) is -2.47. The molecule has 0 aromatic heterocycles. The van der Waals surface area contributed by atoms with Crippen molar-refractivity contribution in [2.45, 2.75) is 84.0 Å². The van der Waals surface area contributed by atoms with E-state index in [4.69, 9.17) is 4.43 Å². The van der Waals surface area contributed by atoms with Gasteiger partial charge in [0.1, 0.15) is 0 Å². The van der Waals surface area contributed by atoms with Crippen molar-refractivity contribution in [2.75, 3.05) is 0 Å². The summed E-state index contributed by atoms with van der Waals surface area (Å²) >= 11 is 0. The Hall–Kier alpha value is 0.394. The first-order chi connectivity index (χ1) is 7.10. The Morgan fingerprint density at radius 1 is 0.938 bits per heavy atom. The van der Waals surface area contributed by atoms with E-state index in [9.17, 15) is 0 Å². The summed E-state index contributed by atoms with van der Waals surface area (Å²) in [4.78, 5) is 0. The first-order valence-corrected chi connectivity index (χ1v) is 13.3. The maximum atomic E-state index is 6.54. The van der Waals surface area contributed by atoms with Gasteiger partial charge in [0.15, 0.2) is 8.32 Å². The normalized spacial score (nSPS) is 17.2. The second-order valence-corrected chi connectivity index (χ2v) is 16.5. The Balaban J connectivity index is 4.67. The van der Waals surface area contributed by atoms with Crippen LogP contribution in [-0.2, 0) is 4.43 Å². The maximum absolute atomic E-state index is 6.54. The van der Waals surface area contributed by atoms with Crippen LogP contribution in [0.2, 0.25) is 44.3 Å². The molecule has 1 unspecified atom stereocenters. The van der Waals surface area contributed by atoms with E-state index in [1.54, 1.807) is 0 Å². The second kappa shape index (κ2) is 5.83. The minimum atomic E-state index is -1.42. The van der Waals surface area contributed by atoms with Crippen LogP contribution in [-0.4, -0.2) is 22.0 Å². The van der Waals surface area contributed by atoms with Crippen molar-refractivity contribution in [3.8, 4) is 0 Å². The summed E-state index contributed by atoms with van der Waals surface area (Å²) in [6.45, 7) is 18.9. The van der Waals surface area contributed by atoms with Crippen molar-refractivity contribution in [3.05, 3.63) is 0 Å². The van der Waals surface area contributed by atoms with Gasteiger partial charge in [0.05, 0.1) is 5.60 Å². The predicted octanol–water partition coefficient (Wildman–Crippen LogP) is 5.13. The Bertz CT molecular complexity index is 194. The average molecular weight is 261 g/mol. The minimum absolute atomic E-state index is 0.136. The van der Waals surface area contributed by atoms with Crippen LogP contribution in [0, 0.1) is 0 Å². The molecule has 1 nitrogen and oxygen atoms in total. The fraction of sp³-hybridized carbons (Fsp3) is 1.00. The lowest BCUT2D eigenvalue weighted by Gasteiger charge is -2.41. The van der Waals surface area contributed by atoms with Gasteiger partial charge in [0.25, 0.3) is 0 Å². The summed E-state index contributed by atoms with van der Waals surface area (Å²) in [6.07, 6.45) is 1.15. The molecule has 0 bridgehead atoms. The molecule has 0 aliphatic rings. The van der Waals surface area contributed by atoms with Crippen LogP contribution in [0.4, 0.5) is 0 Å². The smallest absolute Gasteiger partial charge is 0.187 e. The fourth-order valence-corrected chi connectivity index (χ4v) is 6.55. The Labute approximate surface area is 105 Å². The zero-order chi connectivity index (χ0) is 13.0. The third kappa shape index (κ3) is 5.64. The van der Waals surface area contributed by atoms with E-state index >= 15 is 0 Å². The summed E-state index contributed by atoms with van der Waals surface area (Å²) < 4.78 is 6.54. The molecule has 98 valence electrons. The molecule has 0 amide bonds. The molecule has 0 aromatic carbocycles. The number of rotatable bonds is 7. The Morgan fingerprint density at radius 2 is 1.44 bits per heavy atom. The van der Waals surface area contributed by atoms with E-state index < -0.39 is 16.4 Å². The highest BCUT2D eigenvalue weighted by Gasteiger charge is 2.36. The summed E-state index contributed by atoms with van der Waals surface area (Å²) in [5.41, 5.74) is 0.136. The Kier molecular flexibility index (Phi) is 5.97. The molecule has 16 heavy (non-hydrogen) atoms. The minimum Gasteiger partial charge on any atom is -0.412 e. The first kappa shape index (κ1) is 16.4. The van der Waals surface area contributed by atoms with Gasteiger partial charge in [-0.1, -0.05) is 39.9 Å². The molecule has 1 atom stereocenters. The molecule has 0 aliphatic heterocycles. The van der Waals surface area contributed by atoms with E-state index in [1.807, 2.05) is 0 Å². The monoisotopic (exact) mass is 260 g/mol. The summed E-state index contributed by atoms with van der Waals surface area (Å²) in [5.74, 6) is 0. The SMILES string of the molecule is CCC(C)(C[Si](C)(C)CC)O[Si](C)(C)CC. The molecular formula is C13H32OSi2. The molecule has 0 saturated carbocycles. The van der Waals surface area contributed by atoms with Crippen molar-refractivity contribution in [1.29, 1.82) is 0 Å². The first-order valence-electron chi connectivity index (χ1n) is 6.80. The van der Waals surface area contributed by atoms with Gasteiger partial charge in [0.2, 0.25) is 0 Å². The second-order valence-electron chi connectivity index (χ2n) is 6.71. The third-order valence-electron chi connectivity index (χ3n) is 3.93. The molecule has 0 aliphatic carbocycles. The van der Waals surface area contributed by atoms with Crippen LogP contribution in [0.25, 0.3) is 0 Å². The number of hydrogen-bond donors (Lipinski definition) is 0. The van der Waals surface area contributed by atoms with E-state index in [-0.39, 0.29) is 5.60 Å².